The molecular weight excluding hydrogens is 207 g/mol. The Morgan fingerprint density at radius 2 is 2.31 bits per heavy atom. The van der Waals surface area contributed by atoms with Crippen LogP contribution in [0.2, 0.25) is 0 Å². The van der Waals surface area contributed by atoms with E-state index in [0.29, 0.717) is 18.8 Å². The Hall–Kier alpha value is -1.53. The summed E-state index contributed by atoms with van der Waals surface area (Å²) < 4.78 is 18.7. The van der Waals surface area contributed by atoms with E-state index in [4.69, 9.17) is 11.2 Å². The summed E-state index contributed by atoms with van der Waals surface area (Å²) in [6.07, 6.45) is 5.68. The van der Waals surface area contributed by atoms with Crippen LogP contribution in [0.3, 0.4) is 0 Å². The molecule has 0 bridgehead atoms. The second kappa shape index (κ2) is 6.14. The standard InChI is InChI=1S/C13H15FO2/c1-3-4-5-8-16-11-6-7-12(10(2)15)13(14)9-11/h1,6-7,9-10,15H,4-5,8H2,2H3. The summed E-state index contributed by atoms with van der Waals surface area (Å²) in [4.78, 5) is 0. The summed E-state index contributed by atoms with van der Waals surface area (Å²) in [5, 5.41) is 9.24. The lowest BCUT2D eigenvalue weighted by Gasteiger charge is -2.09. The molecule has 1 aromatic carbocycles. The third kappa shape index (κ3) is 3.56. The number of aliphatic hydroxyl groups excluding tert-OH is 1. The highest BCUT2D eigenvalue weighted by Crippen LogP contribution is 2.21. The number of unbranched alkanes of at least 4 members (excludes halogenated alkanes) is 1. The number of aliphatic hydroxyl groups is 1. The molecule has 2 nitrogen and oxygen atoms in total. The molecule has 0 saturated heterocycles. The van der Waals surface area contributed by atoms with Crippen molar-refractivity contribution in [3.63, 3.8) is 0 Å². The topological polar surface area (TPSA) is 29.5 Å². The van der Waals surface area contributed by atoms with Crippen LogP contribution in [-0.4, -0.2) is 11.7 Å². The van der Waals surface area contributed by atoms with Gasteiger partial charge in [-0.15, -0.1) is 12.3 Å². The Balaban J connectivity index is 2.57. The second-order valence-electron chi connectivity index (χ2n) is 3.52. The molecule has 1 N–H and O–H groups in total. The Morgan fingerprint density at radius 1 is 1.56 bits per heavy atom. The average molecular weight is 222 g/mol. The maximum absolute atomic E-state index is 13.4. The van der Waals surface area contributed by atoms with Gasteiger partial charge in [-0.25, -0.2) is 4.39 Å². The quantitative estimate of drug-likeness (QED) is 0.613. The SMILES string of the molecule is C#CCCCOc1ccc(C(C)O)c(F)c1. The lowest BCUT2D eigenvalue weighted by molar-refractivity contribution is 0.194. The molecule has 86 valence electrons. The number of terminal acetylenes is 1. The monoisotopic (exact) mass is 222 g/mol. The van der Waals surface area contributed by atoms with Crippen LogP contribution >= 0.6 is 0 Å². The Morgan fingerprint density at radius 3 is 2.88 bits per heavy atom. The predicted molar refractivity (Wildman–Crippen MR) is 60.6 cm³/mol. The maximum atomic E-state index is 13.4. The van der Waals surface area contributed by atoms with E-state index in [1.165, 1.54) is 19.1 Å². The van der Waals surface area contributed by atoms with Crippen molar-refractivity contribution in [1.82, 2.24) is 0 Å². The van der Waals surface area contributed by atoms with E-state index in [9.17, 15) is 9.50 Å². The molecule has 0 fully saturated rings. The fourth-order valence-corrected chi connectivity index (χ4v) is 1.30. The predicted octanol–water partition coefficient (Wildman–Crippen LogP) is 2.67. The molecule has 0 amide bonds. The Bertz CT molecular complexity index is 380. The van der Waals surface area contributed by atoms with Crippen molar-refractivity contribution < 1.29 is 14.2 Å². The molecule has 1 atom stereocenters. The van der Waals surface area contributed by atoms with Crippen molar-refractivity contribution in [2.24, 2.45) is 0 Å². The summed E-state index contributed by atoms with van der Waals surface area (Å²) in [6, 6.07) is 4.44. The van der Waals surface area contributed by atoms with Crippen LogP contribution < -0.4 is 4.74 Å². The molecule has 0 spiro atoms. The van der Waals surface area contributed by atoms with Gasteiger partial charge in [0.15, 0.2) is 0 Å². The lowest BCUT2D eigenvalue weighted by Crippen LogP contribution is -2.00. The van der Waals surface area contributed by atoms with E-state index in [-0.39, 0.29) is 5.56 Å². The van der Waals surface area contributed by atoms with Crippen LogP contribution in [0.25, 0.3) is 0 Å². The zero-order valence-electron chi connectivity index (χ0n) is 9.24. The smallest absolute Gasteiger partial charge is 0.132 e. The minimum absolute atomic E-state index is 0.274. The molecular formula is C13H15FO2. The molecule has 16 heavy (non-hydrogen) atoms. The zero-order valence-corrected chi connectivity index (χ0v) is 9.24. The summed E-state index contributed by atoms with van der Waals surface area (Å²) in [7, 11) is 0. The number of benzene rings is 1. The van der Waals surface area contributed by atoms with Gasteiger partial charge >= 0.3 is 0 Å². The molecule has 0 aliphatic heterocycles. The van der Waals surface area contributed by atoms with Crippen LogP contribution in [0.1, 0.15) is 31.4 Å². The zero-order chi connectivity index (χ0) is 12.0. The number of hydrogen-bond donors (Lipinski definition) is 1. The van der Waals surface area contributed by atoms with Gasteiger partial charge in [-0.05, 0) is 25.5 Å². The van der Waals surface area contributed by atoms with Gasteiger partial charge in [-0.3, -0.25) is 0 Å². The highest BCUT2D eigenvalue weighted by molar-refractivity contribution is 5.29. The minimum atomic E-state index is -0.810. The first kappa shape index (κ1) is 12.5. The largest absolute Gasteiger partial charge is 0.493 e. The van der Waals surface area contributed by atoms with Gasteiger partial charge in [0.2, 0.25) is 0 Å². The Labute approximate surface area is 95.1 Å². The number of halogens is 1. The van der Waals surface area contributed by atoms with Crippen molar-refractivity contribution in [2.45, 2.75) is 25.9 Å². The van der Waals surface area contributed by atoms with E-state index in [0.717, 1.165) is 6.42 Å². The molecule has 3 heteroatoms. The maximum Gasteiger partial charge on any atom is 0.132 e. The Kier molecular flexibility index (Phi) is 4.81. The van der Waals surface area contributed by atoms with E-state index in [1.807, 2.05) is 0 Å². The normalized spacial score (nSPS) is 11.9. The molecule has 0 saturated carbocycles. The summed E-state index contributed by atoms with van der Waals surface area (Å²) in [6.45, 7) is 1.99. The van der Waals surface area contributed by atoms with Crippen LogP contribution in [-0.2, 0) is 0 Å². The fraction of sp³-hybridized carbons (Fsp3) is 0.385. The van der Waals surface area contributed by atoms with Crippen LogP contribution in [0.4, 0.5) is 4.39 Å². The van der Waals surface area contributed by atoms with Crippen molar-refractivity contribution in [2.75, 3.05) is 6.61 Å². The van der Waals surface area contributed by atoms with Gasteiger partial charge in [0.25, 0.3) is 0 Å². The van der Waals surface area contributed by atoms with Gasteiger partial charge in [-0.1, -0.05) is 0 Å². The van der Waals surface area contributed by atoms with Gasteiger partial charge in [0, 0.05) is 18.1 Å². The van der Waals surface area contributed by atoms with Crippen molar-refractivity contribution in [3.05, 3.63) is 29.6 Å². The summed E-state index contributed by atoms with van der Waals surface area (Å²) in [5.41, 5.74) is 0.274. The van der Waals surface area contributed by atoms with E-state index in [1.54, 1.807) is 6.07 Å². The first-order valence-corrected chi connectivity index (χ1v) is 5.19. The molecule has 0 radical (unpaired) electrons. The molecule has 0 aliphatic rings. The van der Waals surface area contributed by atoms with Gasteiger partial charge in [-0.2, -0.15) is 0 Å². The van der Waals surface area contributed by atoms with Gasteiger partial charge in [0.05, 0.1) is 12.7 Å². The van der Waals surface area contributed by atoms with Gasteiger partial charge < -0.3 is 9.84 Å². The van der Waals surface area contributed by atoms with E-state index < -0.39 is 11.9 Å². The molecule has 1 aromatic rings. The third-order valence-electron chi connectivity index (χ3n) is 2.16. The van der Waals surface area contributed by atoms with E-state index >= 15 is 0 Å². The van der Waals surface area contributed by atoms with Crippen molar-refractivity contribution >= 4 is 0 Å². The van der Waals surface area contributed by atoms with Crippen LogP contribution in [0, 0.1) is 18.2 Å². The number of hydrogen-bond acceptors (Lipinski definition) is 2. The second-order valence-corrected chi connectivity index (χ2v) is 3.52. The van der Waals surface area contributed by atoms with Crippen LogP contribution in [0.15, 0.2) is 18.2 Å². The minimum Gasteiger partial charge on any atom is -0.493 e. The number of rotatable bonds is 5. The molecule has 1 rings (SSSR count). The highest BCUT2D eigenvalue weighted by atomic mass is 19.1. The van der Waals surface area contributed by atoms with Crippen LogP contribution in [0.5, 0.6) is 5.75 Å². The van der Waals surface area contributed by atoms with Gasteiger partial charge in [0.1, 0.15) is 11.6 Å². The van der Waals surface area contributed by atoms with E-state index in [2.05, 4.69) is 5.92 Å². The third-order valence-corrected chi connectivity index (χ3v) is 2.16. The lowest BCUT2D eigenvalue weighted by atomic mass is 10.1. The molecule has 0 aromatic heterocycles. The number of ether oxygens (including phenoxy) is 1. The first-order chi connectivity index (χ1) is 7.65. The molecule has 1 unspecified atom stereocenters. The summed E-state index contributed by atoms with van der Waals surface area (Å²) >= 11 is 0. The molecule has 0 aliphatic carbocycles. The highest BCUT2D eigenvalue weighted by Gasteiger charge is 2.08. The molecule has 0 heterocycles. The summed E-state index contributed by atoms with van der Waals surface area (Å²) in [5.74, 6) is 2.51. The van der Waals surface area contributed by atoms with Crippen molar-refractivity contribution in [1.29, 1.82) is 0 Å². The fourth-order valence-electron chi connectivity index (χ4n) is 1.30. The average Bonchev–Trinajstić information content (AvgIpc) is 2.24. The first-order valence-electron chi connectivity index (χ1n) is 5.19. The van der Waals surface area contributed by atoms with Crippen molar-refractivity contribution in [3.8, 4) is 18.1 Å².